The molecule has 0 bridgehead atoms. The summed E-state index contributed by atoms with van der Waals surface area (Å²) in [6.07, 6.45) is 0. The summed E-state index contributed by atoms with van der Waals surface area (Å²) in [7, 11) is 0. The summed E-state index contributed by atoms with van der Waals surface area (Å²) in [4.78, 5) is 1.11. The van der Waals surface area contributed by atoms with E-state index in [1.54, 1.807) is 4.09 Å². The predicted octanol–water partition coefficient (Wildman–Crippen LogP) is 1.31. The molecular weight excluding hydrogens is 204 g/mol. The largest absolute Gasteiger partial charge is 0.356 e. The fourth-order valence-corrected chi connectivity index (χ4v) is 1.75. The topological polar surface area (TPSA) is 47.8 Å². The van der Waals surface area contributed by atoms with E-state index in [4.69, 9.17) is 12.2 Å². The van der Waals surface area contributed by atoms with E-state index in [1.807, 2.05) is 30.3 Å². The zero-order valence-electron chi connectivity index (χ0n) is 6.60. The van der Waals surface area contributed by atoms with Gasteiger partial charge in [-0.3, -0.25) is 0 Å². The molecule has 1 heterocycles. The SMILES string of the molecule is S=c1[nH+]n[nH]n1Sc1ccccc1. The first kappa shape index (κ1) is 8.46. The number of aromatic nitrogens is 4. The van der Waals surface area contributed by atoms with Crippen LogP contribution in [0.5, 0.6) is 0 Å². The second-order valence-corrected chi connectivity index (χ2v) is 3.73. The zero-order valence-corrected chi connectivity index (χ0v) is 8.23. The van der Waals surface area contributed by atoms with Gasteiger partial charge in [-0.2, -0.15) is 0 Å². The van der Waals surface area contributed by atoms with Crippen molar-refractivity contribution >= 4 is 24.2 Å². The Hall–Kier alpha value is -1.14. The van der Waals surface area contributed by atoms with Crippen LogP contribution in [0.25, 0.3) is 0 Å². The molecular formula is C7H7N4S2+. The lowest BCUT2D eigenvalue weighted by atomic mass is 10.4. The summed E-state index contributed by atoms with van der Waals surface area (Å²) < 4.78 is 2.25. The molecule has 66 valence electrons. The maximum Gasteiger partial charge on any atom is 0.356 e. The number of nitrogens with zero attached hydrogens (tertiary/aromatic N) is 2. The number of nitrogens with one attached hydrogen (secondary N) is 2. The molecule has 6 heteroatoms. The van der Waals surface area contributed by atoms with E-state index >= 15 is 0 Å². The van der Waals surface area contributed by atoms with Crippen LogP contribution in [0.1, 0.15) is 0 Å². The van der Waals surface area contributed by atoms with Gasteiger partial charge < -0.3 is 0 Å². The van der Waals surface area contributed by atoms with Crippen molar-refractivity contribution in [3.63, 3.8) is 0 Å². The van der Waals surface area contributed by atoms with Crippen LogP contribution in [0.4, 0.5) is 0 Å². The lowest BCUT2D eigenvalue weighted by molar-refractivity contribution is -0.463. The Morgan fingerprint density at radius 2 is 2.15 bits per heavy atom. The van der Waals surface area contributed by atoms with E-state index in [1.165, 1.54) is 11.9 Å². The number of benzene rings is 1. The molecule has 13 heavy (non-hydrogen) atoms. The van der Waals surface area contributed by atoms with E-state index in [0.717, 1.165) is 4.90 Å². The molecule has 0 unspecified atom stereocenters. The monoisotopic (exact) mass is 211 g/mol. The van der Waals surface area contributed by atoms with E-state index < -0.39 is 0 Å². The third kappa shape index (κ3) is 1.96. The normalized spacial score (nSPS) is 10.2. The second-order valence-electron chi connectivity index (χ2n) is 2.33. The Balaban J connectivity index is 2.25. The average molecular weight is 211 g/mol. The smallest absolute Gasteiger partial charge is 0.140 e. The van der Waals surface area contributed by atoms with Crippen LogP contribution in [0, 0.1) is 4.77 Å². The summed E-state index contributed by atoms with van der Waals surface area (Å²) in [6, 6.07) is 9.95. The summed E-state index contributed by atoms with van der Waals surface area (Å²) >= 11 is 6.46. The molecule has 1 aromatic carbocycles. The number of rotatable bonds is 2. The van der Waals surface area contributed by atoms with Gasteiger partial charge in [0.1, 0.15) is 11.9 Å². The fraction of sp³-hybridized carbons (Fsp3) is 0. The van der Waals surface area contributed by atoms with Crippen molar-refractivity contribution in [2.75, 3.05) is 0 Å². The molecule has 2 rings (SSSR count). The van der Waals surface area contributed by atoms with E-state index in [-0.39, 0.29) is 0 Å². The van der Waals surface area contributed by atoms with Gasteiger partial charge in [-0.1, -0.05) is 23.4 Å². The van der Waals surface area contributed by atoms with Gasteiger partial charge in [-0.05, 0) is 16.2 Å². The fourth-order valence-electron chi connectivity index (χ4n) is 0.858. The van der Waals surface area contributed by atoms with Gasteiger partial charge in [-0.15, -0.1) is 5.10 Å². The predicted molar refractivity (Wildman–Crippen MR) is 51.7 cm³/mol. The van der Waals surface area contributed by atoms with Crippen LogP contribution < -0.4 is 5.10 Å². The molecule has 0 saturated carbocycles. The van der Waals surface area contributed by atoms with Crippen LogP contribution >= 0.6 is 24.2 Å². The van der Waals surface area contributed by atoms with E-state index in [9.17, 15) is 0 Å². The molecule has 2 aromatic rings. The second kappa shape index (κ2) is 3.71. The molecule has 0 spiro atoms. The summed E-state index contributed by atoms with van der Waals surface area (Å²) in [5.41, 5.74) is 0. The van der Waals surface area contributed by atoms with Crippen LogP contribution in [-0.4, -0.2) is 14.5 Å². The Morgan fingerprint density at radius 1 is 1.38 bits per heavy atom. The van der Waals surface area contributed by atoms with Crippen LogP contribution in [0.2, 0.25) is 0 Å². The third-order valence-electron chi connectivity index (χ3n) is 1.42. The molecule has 0 aliphatic heterocycles. The average Bonchev–Trinajstić information content (AvgIpc) is 2.54. The number of hydrogen-bond donors (Lipinski definition) is 1. The maximum atomic E-state index is 4.98. The molecule has 0 radical (unpaired) electrons. The van der Waals surface area contributed by atoms with Crippen LogP contribution in [0.3, 0.4) is 0 Å². The first-order chi connectivity index (χ1) is 6.36. The standard InChI is InChI=1S/C7H6N4S2/c12-7-8-9-10-11(7)13-6-4-2-1-3-5-6/h1-5H,(H,8,10,12)/p+1. The van der Waals surface area contributed by atoms with E-state index in [0.29, 0.717) is 4.77 Å². The third-order valence-corrected chi connectivity index (χ3v) is 2.74. The van der Waals surface area contributed by atoms with Crippen molar-refractivity contribution in [2.45, 2.75) is 4.90 Å². The Labute approximate surface area is 84.1 Å². The maximum absolute atomic E-state index is 4.98. The van der Waals surface area contributed by atoms with Crippen LogP contribution in [0.15, 0.2) is 35.2 Å². The molecule has 0 aliphatic rings. The van der Waals surface area contributed by atoms with Gasteiger partial charge in [0.25, 0.3) is 0 Å². The highest BCUT2D eigenvalue weighted by molar-refractivity contribution is 7.97. The summed E-state index contributed by atoms with van der Waals surface area (Å²) in [6.45, 7) is 0. The van der Waals surface area contributed by atoms with Gasteiger partial charge in [0.15, 0.2) is 0 Å². The number of aromatic amines is 2. The van der Waals surface area contributed by atoms with E-state index in [2.05, 4.69) is 15.5 Å². The first-order valence-electron chi connectivity index (χ1n) is 3.65. The highest BCUT2D eigenvalue weighted by Gasteiger charge is 2.04. The van der Waals surface area contributed by atoms with Gasteiger partial charge in [-0.25, -0.2) is 0 Å². The molecule has 2 N–H and O–H groups in total. The van der Waals surface area contributed by atoms with Crippen molar-refractivity contribution in [3.05, 3.63) is 35.1 Å². The molecule has 0 atom stereocenters. The minimum Gasteiger partial charge on any atom is -0.140 e. The van der Waals surface area contributed by atoms with Gasteiger partial charge in [0.2, 0.25) is 0 Å². The van der Waals surface area contributed by atoms with Crippen molar-refractivity contribution < 1.29 is 5.10 Å². The lowest BCUT2D eigenvalue weighted by Crippen LogP contribution is -2.01. The molecule has 1 aromatic heterocycles. The minimum atomic E-state index is 0.564. The Kier molecular flexibility index (Phi) is 2.42. The van der Waals surface area contributed by atoms with Gasteiger partial charge in [0, 0.05) is 17.1 Å². The Bertz CT molecular complexity index is 433. The molecule has 0 fully saturated rings. The van der Waals surface area contributed by atoms with Gasteiger partial charge in [0.05, 0.1) is 5.21 Å². The summed E-state index contributed by atoms with van der Waals surface area (Å²) in [5.74, 6) is 0. The number of hydrogen-bond acceptors (Lipinski definition) is 3. The van der Waals surface area contributed by atoms with Crippen LogP contribution in [-0.2, 0) is 0 Å². The minimum absolute atomic E-state index is 0.564. The highest BCUT2D eigenvalue weighted by Crippen LogP contribution is 2.16. The summed E-state index contributed by atoms with van der Waals surface area (Å²) in [5, 5.41) is 9.07. The van der Waals surface area contributed by atoms with Crippen molar-refractivity contribution in [1.82, 2.24) is 14.5 Å². The molecule has 4 nitrogen and oxygen atoms in total. The van der Waals surface area contributed by atoms with Crippen molar-refractivity contribution in [2.24, 2.45) is 0 Å². The molecule has 0 aliphatic carbocycles. The number of tetrazole rings is 1. The van der Waals surface area contributed by atoms with Gasteiger partial charge >= 0.3 is 4.77 Å². The highest BCUT2D eigenvalue weighted by atomic mass is 32.2. The molecule has 0 amide bonds. The quantitative estimate of drug-likeness (QED) is 0.762. The molecule has 0 saturated heterocycles. The zero-order chi connectivity index (χ0) is 9.10. The first-order valence-corrected chi connectivity index (χ1v) is 4.83. The Morgan fingerprint density at radius 3 is 2.77 bits per heavy atom. The van der Waals surface area contributed by atoms with Crippen molar-refractivity contribution in [3.8, 4) is 0 Å². The number of H-pyrrole nitrogens is 2. The lowest BCUT2D eigenvalue weighted by Gasteiger charge is -1.91. The van der Waals surface area contributed by atoms with Crippen molar-refractivity contribution in [1.29, 1.82) is 0 Å².